The first-order chi connectivity index (χ1) is 13.7. The topological polar surface area (TPSA) is 165 Å². The molecule has 0 aliphatic heterocycles. The molecule has 0 fully saturated rings. The Balaban J connectivity index is 0.000000269. The van der Waals surface area contributed by atoms with Crippen LogP contribution in [0.4, 0.5) is 11.4 Å². The molecule has 0 saturated heterocycles. The molecule has 9 nitrogen and oxygen atoms in total. The Hall–Kier alpha value is -3.34. The van der Waals surface area contributed by atoms with E-state index in [0.29, 0.717) is 23.9 Å². The van der Waals surface area contributed by atoms with Crippen LogP contribution in [0, 0.1) is 0 Å². The fourth-order valence-electron chi connectivity index (χ4n) is 1.93. The van der Waals surface area contributed by atoms with E-state index in [0.717, 1.165) is 11.1 Å². The van der Waals surface area contributed by atoms with Gasteiger partial charge in [-0.1, -0.05) is 48.6 Å². The first kappa shape index (κ1) is 23.7. The van der Waals surface area contributed by atoms with Crippen LogP contribution in [0.15, 0.2) is 60.8 Å². The highest BCUT2D eigenvalue weighted by atomic mass is 32.3. The van der Waals surface area contributed by atoms with Gasteiger partial charge in [-0.05, 0) is 30.2 Å². The molecule has 0 unspecified atom stereocenters. The highest BCUT2D eigenvalue weighted by Gasteiger charge is 1.94. The third-order valence-corrected chi connectivity index (χ3v) is 3.15. The number of hydrogen-bond donors (Lipinski definition) is 5. The smallest absolute Gasteiger partial charge is 0.394 e. The van der Waals surface area contributed by atoms with E-state index in [9.17, 15) is 0 Å². The lowest BCUT2D eigenvalue weighted by Crippen LogP contribution is -1.93. The number of nitrogens with one attached hydrogen (secondary N) is 1. The van der Waals surface area contributed by atoms with Gasteiger partial charge in [0.1, 0.15) is 0 Å². The van der Waals surface area contributed by atoms with Crippen molar-refractivity contribution in [2.75, 3.05) is 18.1 Å². The molecule has 0 radical (unpaired) electrons. The minimum Gasteiger partial charge on any atom is -0.477 e. The Morgan fingerprint density at radius 2 is 1.62 bits per heavy atom. The molecule has 0 spiro atoms. The van der Waals surface area contributed by atoms with E-state index in [2.05, 4.69) is 22.3 Å². The van der Waals surface area contributed by atoms with Crippen LogP contribution in [-0.2, 0) is 10.4 Å². The number of nitrogen functional groups attached to an aromatic ring is 2. The largest absolute Gasteiger partial charge is 0.477 e. The second-order valence-electron chi connectivity index (χ2n) is 5.43. The summed E-state index contributed by atoms with van der Waals surface area (Å²) in [5.41, 5.74) is 14.8. The van der Waals surface area contributed by atoms with Gasteiger partial charge in [0.15, 0.2) is 0 Å². The number of rotatable bonds is 4. The minimum atomic E-state index is -4.67. The van der Waals surface area contributed by atoms with Crippen molar-refractivity contribution in [2.45, 2.75) is 6.92 Å². The summed E-state index contributed by atoms with van der Waals surface area (Å²) in [6.45, 7) is 2.60. The molecule has 0 aliphatic rings. The van der Waals surface area contributed by atoms with E-state index in [4.69, 9.17) is 33.7 Å². The van der Waals surface area contributed by atoms with Gasteiger partial charge in [0.25, 0.3) is 0 Å². The summed E-state index contributed by atoms with van der Waals surface area (Å²) >= 11 is 0. The van der Waals surface area contributed by atoms with E-state index in [-0.39, 0.29) is 0 Å². The van der Waals surface area contributed by atoms with Gasteiger partial charge in [-0.3, -0.25) is 14.2 Å². The minimum absolute atomic E-state index is 0.621. The molecule has 0 saturated carbocycles. The molecule has 10 heteroatoms. The lowest BCUT2D eigenvalue weighted by molar-refractivity contribution is 0.326. The molecule has 0 amide bonds. The van der Waals surface area contributed by atoms with Crippen LogP contribution in [0.5, 0.6) is 5.88 Å². The molecule has 3 rings (SSSR count). The Labute approximate surface area is 169 Å². The number of aromatic nitrogens is 2. The fourth-order valence-corrected chi connectivity index (χ4v) is 1.93. The van der Waals surface area contributed by atoms with Crippen molar-refractivity contribution in [3.63, 3.8) is 0 Å². The molecule has 1 heterocycles. The third kappa shape index (κ3) is 11.9. The third-order valence-electron chi connectivity index (χ3n) is 3.15. The van der Waals surface area contributed by atoms with E-state index in [1.807, 2.05) is 55.5 Å². The van der Waals surface area contributed by atoms with Gasteiger partial charge >= 0.3 is 10.4 Å². The predicted octanol–water partition coefficient (Wildman–Crippen LogP) is 3.18. The second kappa shape index (κ2) is 12.2. The first-order valence-corrected chi connectivity index (χ1v) is 9.79. The Morgan fingerprint density at radius 1 is 1.00 bits per heavy atom. The van der Waals surface area contributed by atoms with Crippen molar-refractivity contribution >= 4 is 33.9 Å². The SMILES string of the molecule is CCOc1cc[nH]n1.Nc1ccc(C=Cc2ccccc2)cc1N.O=S(=O)(O)O. The molecule has 29 heavy (non-hydrogen) atoms. The van der Waals surface area contributed by atoms with Crippen LogP contribution in [-0.4, -0.2) is 34.3 Å². The molecule has 156 valence electrons. The summed E-state index contributed by atoms with van der Waals surface area (Å²) in [6, 6.07) is 17.5. The molecule has 0 atom stereocenters. The quantitative estimate of drug-likeness (QED) is 0.244. The number of benzene rings is 2. The molecular formula is C19H24N4O5S. The van der Waals surface area contributed by atoms with Gasteiger partial charge < -0.3 is 16.2 Å². The van der Waals surface area contributed by atoms with Crippen molar-refractivity contribution in [3.8, 4) is 5.88 Å². The summed E-state index contributed by atoms with van der Waals surface area (Å²) in [5, 5.41) is 6.40. The van der Waals surface area contributed by atoms with Crippen molar-refractivity contribution in [1.29, 1.82) is 0 Å². The van der Waals surface area contributed by atoms with Gasteiger partial charge in [0, 0.05) is 12.3 Å². The summed E-state index contributed by atoms with van der Waals surface area (Å²) in [7, 11) is -4.67. The van der Waals surface area contributed by atoms with E-state index < -0.39 is 10.4 Å². The van der Waals surface area contributed by atoms with Gasteiger partial charge in [-0.2, -0.15) is 8.42 Å². The standard InChI is InChI=1S/C14H14N2.C5H8N2O.H2O4S/c15-13-9-8-12(10-14(13)16)7-6-11-4-2-1-3-5-11;1-2-8-5-3-4-6-7-5;1-5(2,3)4/h1-10H,15-16H2;3-4H,2H2,1H3,(H,6,7);(H2,1,2,3,4). The van der Waals surface area contributed by atoms with E-state index in [1.165, 1.54) is 0 Å². The summed E-state index contributed by atoms with van der Waals surface area (Å²) in [4.78, 5) is 0. The number of ether oxygens (including phenoxy) is 1. The van der Waals surface area contributed by atoms with E-state index >= 15 is 0 Å². The van der Waals surface area contributed by atoms with Crippen molar-refractivity contribution in [3.05, 3.63) is 71.9 Å². The fraction of sp³-hybridized carbons (Fsp3) is 0.105. The maximum Gasteiger partial charge on any atom is 0.394 e. The van der Waals surface area contributed by atoms with Crippen LogP contribution in [0.1, 0.15) is 18.1 Å². The second-order valence-corrected chi connectivity index (χ2v) is 6.32. The van der Waals surface area contributed by atoms with Crippen LogP contribution >= 0.6 is 0 Å². The summed E-state index contributed by atoms with van der Waals surface area (Å²) in [5.74, 6) is 0.660. The molecule has 2 aromatic carbocycles. The van der Waals surface area contributed by atoms with Gasteiger partial charge in [0.2, 0.25) is 5.88 Å². The molecule has 1 aromatic heterocycles. The zero-order chi connectivity index (χ0) is 21.7. The molecule has 3 aromatic rings. The summed E-state index contributed by atoms with van der Waals surface area (Å²) < 4.78 is 36.6. The number of H-pyrrole nitrogens is 1. The monoisotopic (exact) mass is 420 g/mol. The molecule has 7 N–H and O–H groups in total. The lowest BCUT2D eigenvalue weighted by Gasteiger charge is -2.00. The number of aromatic amines is 1. The Kier molecular flexibility index (Phi) is 9.96. The predicted molar refractivity (Wildman–Crippen MR) is 115 cm³/mol. The highest BCUT2D eigenvalue weighted by Crippen LogP contribution is 2.17. The van der Waals surface area contributed by atoms with Crippen LogP contribution in [0.25, 0.3) is 12.2 Å². The molecular weight excluding hydrogens is 396 g/mol. The average Bonchev–Trinajstić information content (AvgIpc) is 3.16. The Bertz CT molecular complexity index is 967. The number of nitrogens with two attached hydrogens (primary N) is 2. The summed E-state index contributed by atoms with van der Waals surface area (Å²) in [6.07, 6.45) is 5.79. The molecule has 0 aliphatic carbocycles. The van der Waals surface area contributed by atoms with E-state index in [1.54, 1.807) is 12.3 Å². The van der Waals surface area contributed by atoms with Gasteiger partial charge in [0.05, 0.1) is 18.0 Å². The van der Waals surface area contributed by atoms with Crippen LogP contribution in [0.2, 0.25) is 0 Å². The first-order valence-electron chi connectivity index (χ1n) is 8.39. The van der Waals surface area contributed by atoms with Gasteiger partial charge in [-0.25, -0.2) is 0 Å². The normalized spacial score (nSPS) is 10.4. The average molecular weight is 420 g/mol. The van der Waals surface area contributed by atoms with Crippen molar-refractivity contribution in [1.82, 2.24) is 10.2 Å². The zero-order valence-electron chi connectivity index (χ0n) is 15.8. The number of hydrogen-bond acceptors (Lipinski definition) is 6. The maximum absolute atomic E-state index is 8.74. The van der Waals surface area contributed by atoms with Gasteiger partial charge in [-0.15, -0.1) is 5.10 Å². The van der Waals surface area contributed by atoms with Crippen molar-refractivity contribution in [2.24, 2.45) is 0 Å². The van der Waals surface area contributed by atoms with Crippen LogP contribution < -0.4 is 16.2 Å². The Morgan fingerprint density at radius 3 is 2.14 bits per heavy atom. The highest BCUT2D eigenvalue weighted by molar-refractivity contribution is 7.79. The zero-order valence-corrected chi connectivity index (χ0v) is 16.6. The lowest BCUT2D eigenvalue weighted by atomic mass is 10.1. The van der Waals surface area contributed by atoms with Crippen LogP contribution in [0.3, 0.4) is 0 Å². The number of nitrogens with zero attached hydrogens (tertiary/aromatic N) is 1. The van der Waals surface area contributed by atoms with Crippen molar-refractivity contribution < 1.29 is 22.3 Å². The number of anilines is 2. The molecule has 0 bridgehead atoms. The maximum atomic E-state index is 8.74.